The molecule has 1 aromatic heterocycles. The summed E-state index contributed by atoms with van der Waals surface area (Å²) in [5, 5.41) is 3.03. The van der Waals surface area contributed by atoms with Crippen LogP contribution in [0.1, 0.15) is 0 Å². The van der Waals surface area contributed by atoms with Crippen molar-refractivity contribution >= 4 is 39.0 Å². The molecule has 0 fully saturated rings. The van der Waals surface area contributed by atoms with Crippen LogP contribution in [-0.4, -0.2) is 4.98 Å². The van der Waals surface area contributed by atoms with Crippen molar-refractivity contribution in [3.63, 3.8) is 0 Å². The van der Waals surface area contributed by atoms with Crippen LogP contribution in [0.2, 0.25) is 5.02 Å². The van der Waals surface area contributed by atoms with Crippen molar-refractivity contribution in [2.75, 3.05) is 5.32 Å². The van der Waals surface area contributed by atoms with Crippen molar-refractivity contribution in [1.82, 2.24) is 4.98 Å². The lowest BCUT2D eigenvalue weighted by atomic mass is 10.3. The summed E-state index contributed by atoms with van der Waals surface area (Å²) in [6.07, 6.45) is 1.52. The third-order valence-electron chi connectivity index (χ3n) is 1.99. The fourth-order valence-corrected chi connectivity index (χ4v) is 1.90. The first-order chi connectivity index (χ1) is 8.06. The van der Waals surface area contributed by atoms with E-state index in [2.05, 4.69) is 26.2 Å². The van der Waals surface area contributed by atoms with E-state index in [0.717, 1.165) is 12.1 Å². The van der Waals surface area contributed by atoms with Crippen LogP contribution in [0.4, 0.5) is 20.3 Å². The first kappa shape index (κ1) is 12.3. The van der Waals surface area contributed by atoms with E-state index >= 15 is 0 Å². The lowest BCUT2D eigenvalue weighted by Crippen LogP contribution is -1.97. The molecule has 1 aromatic carbocycles. The zero-order chi connectivity index (χ0) is 12.4. The summed E-state index contributed by atoms with van der Waals surface area (Å²) < 4.78 is 26.8. The maximum atomic E-state index is 13.4. The molecule has 0 spiro atoms. The molecule has 0 unspecified atom stereocenters. The standard InChI is InChI=1S/C11H6BrClF2N2/c12-6-3-8(13)11(16-5-6)17-10-2-1-7(14)4-9(10)15/h1-5H,(H,16,17). The lowest BCUT2D eigenvalue weighted by Gasteiger charge is -2.08. The minimum absolute atomic E-state index is 0.114. The molecule has 17 heavy (non-hydrogen) atoms. The minimum atomic E-state index is -0.703. The summed E-state index contributed by atoms with van der Waals surface area (Å²) in [6.45, 7) is 0. The van der Waals surface area contributed by atoms with Gasteiger partial charge in [0.1, 0.15) is 17.5 Å². The minimum Gasteiger partial charge on any atom is -0.337 e. The van der Waals surface area contributed by atoms with Crippen LogP contribution in [0.15, 0.2) is 34.9 Å². The number of nitrogens with one attached hydrogen (secondary N) is 1. The van der Waals surface area contributed by atoms with E-state index in [4.69, 9.17) is 11.6 Å². The Balaban J connectivity index is 2.31. The summed E-state index contributed by atoms with van der Waals surface area (Å²) in [5.41, 5.74) is 0.114. The molecular formula is C11H6BrClF2N2. The Kier molecular flexibility index (Phi) is 3.59. The van der Waals surface area contributed by atoms with Gasteiger partial charge in [-0.25, -0.2) is 13.8 Å². The summed E-state index contributed by atoms with van der Waals surface area (Å²) in [7, 11) is 0. The quantitative estimate of drug-likeness (QED) is 0.880. The zero-order valence-corrected chi connectivity index (χ0v) is 10.7. The molecule has 2 aromatic rings. The van der Waals surface area contributed by atoms with Gasteiger partial charge in [-0.3, -0.25) is 0 Å². The average molecular weight is 320 g/mol. The molecule has 6 heteroatoms. The third-order valence-corrected chi connectivity index (χ3v) is 2.71. The Morgan fingerprint density at radius 2 is 2.00 bits per heavy atom. The Hall–Kier alpha value is -1.20. The molecule has 0 aliphatic heterocycles. The number of hydrogen-bond acceptors (Lipinski definition) is 2. The molecule has 2 nitrogen and oxygen atoms in total. The van der Waals surface area contributed by atoms with Gasteiger partial charge in [0.2, 0.25) is 0 Å². The molecule has 0 aliphatic rings. The fourth-order valence-electron chi connectivity index (χ4n) is 1.22. The van der Waals surface area contributed by atoms with Crippen LogP contribution in [0, 0.1) is 11.6 Å². The van der Waals surface area contributed by atoms with E-state index < -0.39 is 11.6 Å². The summed E-state index contributed by atoms with van der Waals surface area (Å²) >= 11 is 9.12. The highest BCUT2D eigenvalue weighted by Crippen LogP contribution is 2.27. The van der Waals surface area contributed by atoms with Crippen LogP contribution in [0.25, 0.3) is 0 Å². The first-order valence-electron chi connectivity index (χ1n) is 4.59. The zero-order valence-electron chi connectivity index (χ0n) is 8.35. The molecule has 0 saturated carbocycles. The van der Waals surface area contributed by atoms with Gasteiger partial charge >= 0.3 is 0 Å². The highest BCUT2D eigenvalue weighted by atomic mass is 79.9. The molecule has 0 saturated heterocycles. The number of benzene rings is 1. The number of hydrogen-bond donors (Lipinski definition) is 1. The van der Waals surface area contributed by atoms with E-state index in [0.29, 0.717) is 15.3 Å². The van der Waals surface area contributed by atoms with Crippen molar-refractivity contribution in [3.05, 3.63) is 51.6 Å². The van der Waals surface area contributed by atoms with E-state index in [1.807, 2.05) is 0 Å². The van der Waals surface area contributed by atoms with Crippen molar-refractivity contribution in [1.29, 1.82) is 0 Å². The molecule has 1 heterocycles. The maximum absolute atomic E-state index is 13.4. The number of rotatable bonds is 2. The Bertz CT molecular complexity index is 514. The van der Waals surface area contributed by atoms with Gasteiger partial charge in [-0.05, 0) is 34.1 Å². The highest BCUT2D eigenvalue weighted by molar-refractivity contribution is 9.10. The number of nitrogens with zero attached hydrogens (tertiary/aromatic N) is 1. The second kappa shape index (κ2) is 4.98. The van der Waals surface area contributed by atoms with Gasteiger partial charge in [0.15, 0.2) is 0 Å². The molecule has 1 N–H and O–H groups in total. The number of halogens is 4. The lowest BCUT2D eigenvalue weighted by molar-refractivity contribution is 0.586. The molecule has 0 atom stereocenters. The van der Waals surface area contributed by atoms with Crippen molar-refractivity contribution in [3.8, 4) is 0 Å². The average Bonchev–Trinajstić information content (AvgIpc) is 2.25. The van der Waals surface area contributed by atoms with Gasteiger partial charge < -0.3 is 5.32 Å². The second-order valence-electron chi connectivity index (χ2n) is 3.23. The smallest absolute Gasteiger partial charge is 0.149 e. The monoisotopic (exact) mass is 318 g/mol. The number of anilines is 2. The number of aromatic nitrogens is 1. The number of pyridine rings is 1. The van der Waals surface area contributed by atoms with Gasteiger partial charge in [-0.15, -0.1) is 0 Å². The van der Waals surface area contributed by atoms with E-state index in [1.165, 1.54) is 12.3 Å². The van der Waals surface area contributed by atoms with Crippen molar-refractivity contribution in [2.24, 2.45) is 0 Å². The van der Waals surface area contributed by atoms with Crippen LogP contribution in [-0.2, 0) is 0 Å². The molecule has 0 bridgehead atoms. The first-order valence-corrected chi connectivity index (χ1v) is 5.76. The topological polar surface area (TPSA) is 24.9 Å². The van der Waals surface area contributed by atoms with E-state index in [-0.39, 0.29) is 5.69 Å². The van der Waals surface area contributed by atoms with Gasteiger partial charge in [0.25, 0.3) is 0 Å². The molecule has 0 aliphatic carbocycles. The molecule has 0 radical (unpaired) electrons. The molecule has 0 amide bonds. The van der Waals surface area contributed by atoms with Gasteiger partial charge in [-0.2, -0.15) is 0 Å². The largest absolute Gasteiger partial charge is 0.337 e. The third kappa shape index (κ3) is 2.92. The fraction of sp³-hybridized carbons (Fsp3) is 0. The Morgan fingerprint density at radius 1 is 1.24 bits per heavy atom. The maximum Gasteiger partial charge on any atom is 0.149 e. The van der Waals surface area contributed by atoms with Crippen molar-refractivity contribution in [2.45, 2.75) is 0 Å². The second-order valence-corrected chi connectivity index (χ2v) is 4.56. The molecule has 88 valence electrons. The highest BCUT2D eigenvalue weighted by Gasteiger charge is 2.07. The summed E-state index contributed by atoms with van der Waals surface area (Å²) in [5.74, 6) is -1.03. The van der Waals surface area contributed by atoms with Gasteiger partial charge in [-0.1, -0.05) is 11.6 Å². The van der Waals surface area contributed by atoms with Crippen molar-refractivity contribution < 1.29 is 8.78 Å². The molecule has 2 rings (SSSR count). The van der Waals surface area contributed by atoms with Crippen LogP contribution in [0.3, 0.4) is 0 Å². The Labute approximate surface area is 110 Å². The SMILES string of the molecule is Fc1ccc(Nc2ncc(Br)cc2Cl)c(F)c1. The normalized spacial score (nSPS) is 10.4. The van der Waals surface area contributed by atoms with E-state index in [9.17, 15) is 8.78 Å². The van der Waals surface area contributed by atoms with Crippen LogP contribution >= 0.6 is 27.5 Å². The summed E-state index contributed by atoms with van der Waals surface area (Å²) in [4.78, 5) is 3.99. The molecular weight excluding hydrogens is 313 g/mol. The Morgan fingerprint density at radius 3 is 2.65 bits per heavy atom. The van der Waals surface area contributed by atoms with E-state index in [1.54, 1.807) is 6.07 Å². The summed E-state index contributed by atoms with van der Waals surface area (Å²) in [6, 6.07) is 4.84. The van der Waals surface area contributed by atoms with Gasteiger partial charge in [0, 0.05) is 16.7 Å². The van der Waals surface area contributed by atoms with Crippen LogP contribution in [0.5, 0.6) is 0 Å². The predicted molar refractivity (Wildman–Crippen MR) is 66.6 cm³/mol. The van der Waals surface area contributed by atoms with Crippen LogP contribution < -0.4 is 5.32 Å². The van der Waals surface area contributed by atoms with Gasteiger partial charge in [0.05, 0.1) is 10.7 Å². The predicted octanol–water partition coefficient (Wildman–Crippen LogP) is 4.52.